The van der Waals surface area contributed by atoms with Crippen molar-refractivity contribution in [2.75, 3.05) is 6.61 Å². The van der Waals surface area contributed by atoms with Crippen LogP contribution >= 0.6 is 0 Å². The Morgan fingerprint density at radius 1 is 1.16 bits per heavy atom. The van der Waals surface area contributed by atoms with Crippen LogP contribution < -0.4 is 0 Å². The summed E-state index contributed by atoms with van der Waals surface area (Å²) in [6.07, 6.45) is 8.09. The summed E-state index contributed by atoms with van der Waals surface area (Å²) in [5.41, 5.74) is 2.42. The number of rotatable bonds is 2. The van der Waals surface area contributed by atoms with Crippen molar-refractivity contribution in [3.8, 4) is 0 Å². The summed E-state index contributed by atoms with van der Waals surface area (Å²) >= 11 is 0. The van der Waals surface area contributed by atoms with Gasteiger partial charge in [0.05, 0.1) is 24.9 Å². The zero-order valence-corrected chi connectivity index (χ0v) is 15.4. The Morgan fingerprint density at radius 3 is 2.64 bits per heavy atom. The number of allylic oxidation sites excluding steroid dienone is 2. The fourth-order valence-corrected chi connectivity index (χ4v) is 6.91. The summed E-state index contributed by atoms with van der Waals surface area (Å²) < 4.78 is 0. The summed E-state index contributed by atoms with van der Waals surface area (Å²) in [7, 11) is 0. The Kier molecular flexibility index (Phi) is 4.19. The molecule has 4 N–H and O–H groups in total. The molecule has 3 saturated carbocycles. The summed E-state index contributed by atoms with van der Waals surface area (Å²) in [6, 6.07) is 0. The standard InChI is InChI=1S/C21H32O4/c1-20-8-7-13(23)9-12(20)3-4-14-15-5-6-16(18(25)11-22)21(15,2)10-17(24)19(14)20/h3-4,13,15-19,22-25H,5-11H2,1-2H3/t13-,15-,16+,17+,18-,19-,20+,21-/m0/s1. The van der Waals surface area contributed by atoms with Crippen molar-refractivity contribution in [2.24, 2.45) is 28.6 Å². The molecular formula is C21H32O4. The van der Waals surface area contributed by atoms with Gasteiger partial charge in [-0.25, -0.2) is 0 Å². The van der Waals surface area contributed by atoms with Gasteiger partial charge in [0.25, 0.3) is 0 Å². The van der Waals surface area contributed by atoms with Gasteiger partial charge >= 0.3 is 0 Å². The Hall–Kier alpha value is -0.680. The first-order chi connectivity index (χ1) is 11.8. The van der Waals surface area contributed by atoms with Gasteiger partial charge in [-0.2, -0.15) is 0 Å². The third-order valence-corrected chi connectivity index (χ3v) is 8.21. The summed E-state index contributed by atoms with van der Waals surface area (Å²) in [5, 5.41) is 41.0. The second kappa shape index (κ2) is 5.91. The van der Waals surface area contributed by atoms with Crippen LogP contribution in [0.15, 0.2) is 23.3 Å². The lowest BCUT2D eigenvalue weighted by Crippen LogP contribution is -2.53. The van der Waals surface area contributed by atoms with E-state index in [0.29, 0.717) is 12.3 Å². The molecule has 140 valence electrons. The third-order valence-electron chi connectivity index (χ3n) is 8.21. The van der Waals surface area contributed by atoms with Gasteiger partial charge in [0.1, 0.15) is 0 Å². The van der Waals surface area contributed by atoms with Crippen LogP contribution in [0.3, 0.4) is 0 Å². The first-order valence-corrected chi connectivity index (χ1v) is 9.87. The second-order valence-corrected chi connectivity index (χ2v) is 9.41. The number of hydrogen-bond donors (Lipinski definition) is 4. The predicted molar refractivity (Wildman–Crippen MR) is 95.7 cm³/mol. The van der Waals surface area contributed by atoms with E-state index in [1.165, 1.54) is 11.1 Å². The van der Waals surface area contributed by atoms with Crippen LogP contribution in [-0.2, 0) is 0 Å². The summed E-state index contributed by atoms with van der Waals surface area (Å²) in [4.78, 5) is 0. The smallest absolute Gasteiger partial charge is 0.0804 e. The van der Waals surface area contributed by atoms with Crippen LogP contribution in [0.25, 0.3) is 0 Å². The largest absolute Gasteiger partial charge is 0.394 e. The Labute approximate surface area is 150 Å². The lowest BCUT2D eigenvalue weighted by Gasteiger charge is -2.56. The molecule has 0 aromatic rings. The number of hydrogen-bond acceptors (Lipinski definition) is 4. The molecule has 0 unspecified atom stereocenters. The molecule has 4 heteroatoms. The van der Waals surface area contributed by atoms with E-state index in [-0.39, 0.29) is 35.4 Å². The molecule has 0 radical (unpaired) electrons. The molecule has 3 fully saturated rings. The fourth-order valence-electron chi connectivity index (χ4n) is 6.91. The van der Waals surface area contributed by atoms with Crippen molar-refractivity contribution < 1.29 is 20.4 Å². The lowest BCUT2D eigenvalue weighted by molar-refractivity contribution is -0.0741. The highest BCUT2D eigenvalue weighted by molar-refractivity contribution is 5.40. The maximum Gasteiger partial charge on any atom is 0.0804 e. The van der Waals surface area contributed by atoms with Crippen molar-refractivity contribution in [3.63, 3.8) is 0 Å². The molecule has 0 aromatic carbocycles. The molecule has 0 aliphatic heterocycles. The molecule has 0 amide bonds. The Morgan fingerprint density at radius 2 is 1.92 bits per heavy atom. The van der Waals surface area contributed by atoms with E-state index >= 15 is 0 Å². The van der Waals surface area contributed by atoms with Gasteiger partial charge in [-0.3, -0.25) is 0 Å². The van der Waals surface area contributed by atoms with Crippen molar-refractivity contribution in [2.45, 2.75) is 70.7 Å². The maximum absolute atomic E-state index is 11.2. The molecule has 4 aliphatic rings. The van der Waals surface area contributed by atoms with Crippen LogP contribution in [0.4, 0.5) is 0 Å². The molecular weight excluding hydrogens is 316 g/mol. The number of aliphatic hydroxyl groups excluding tert-OH is 4. The van der Waals surface area contributed by atoms with E-state index in [1.54, 1.807) is 0 Å². The first-order valence-electron chi connectivity index (χ1n) is 9.87. The highest BCUT2D eigenvalue weighted by atomic mass is 16.3. The van der Waals surface area contributed by atoms with Gasteiger partial charge in [-0.15, -0.1) is 0 Å². The molecule has 0 aromatic heterocycles. The highest BCUT2D eigenvalue weighted by Crippen LogP contribution is 2.65. The van der Waals surface area contributed by atoms with E-state index in [0.717, 1.165) is 32.1 Å². The minimum absolute atomic E-state index is 0.0466. The predicted octanol–water partition coefficient (Wildman–Crippen LogP) is 2.17. The molecule has 25 heavy (non-hydrogen) atoms. The number of aliphatic hydroxyl groups is 4. The van der Waals surface area contributed by atoms with Gasteiger partial charge in [0.15, 0.2) is 0 Å². The first kappa shape index (κ1) is 17.7. The maximum atomic E-state index is 11.2. The van der Waals surface area contributed by atoms with E-state index in [2.05, 4.69) is 26.0 Å². The highest BCUT2D eigenvalue weighted by Gasteiger charge is 2.60. The lowest BCUT2D eigenvalue weighted by atomic mass is 9.49. The van der Waals surface area contributed by atoms with Crippen LogP contribution in [0.2, 0.25) is 0 Å². The van der Waals surface area contributed by atoms with E-state index in [4.69, 9.17) is 0 Å². The Bertz CT molecular complexity index is 611. The van der Waals surface area contributed by atoms with E-state index in [9.17, 15) is 20.4 Å². The molecule has 4 aliphatic carbocycles. The van der Waals surface area contributed by atoms with Crippen molar-refractivity contribution in [3.05, 3.63) is 23.3 Å². The van der Waals surface area contributed by atoms with Gasteiger partial charge in [-0.05, 0) is 61.2 Å². The molecule has 0 heterocycles. The van der Waals surface area contributed by atoms with E-state index < -0.39 is 12.2 Å². The molecule has 4 nitrogen and oxygen atoms in total. The van der Waals surface area contributed by atoms with Gasteiger partial charge < -0.3 is 20.4 Å². The average Bonchev–Trinajstić information content (AvgIpc) is 2.91. The van der Waals surface area contributed by atoms with Crippen molar-refractivity contribution in [1.82, 2.24) is 0 Å². The SMILES string of the molecule is C[C@]12C[C@@H](O)[C@@H]3C(=CC=C4C[C@@H](O)CC[C@]43C)[C@@H]1CC[C@@H]2[C@@H](O)CO. The van der Waals surface area contributed by atoms with Gasteiger partial charge in [0.2, 0.25) is 0 Å². The van der Waals surface area contributed by atoms with Crippen molar-refractivity contribution >= 4 is 0 Å². The average molecular weight is 348 g/mol. The third kappa shape index (κ3) is 2.41. The van der Waals surface area contributed by atoms with Crippen molar-refractivity contribution in [1.29, 1.82) is 0 Å². The van der Waals surface area contributed by atoms with Crippen LogP contribution in [-0.4, -0.2) is 45.3 Å². The zero-order chi connectivity index (χ0) is 18.0. The topological polar surface area (TPSA) is 80.9 Å². The molecule has 8 atom stereocenters. The normalized spacial score (nSPS) is 50.2. The molecule has 4 rings (SSSR count). The van der Waals surface area contributed by atoms with Gasteiger partial charge in [0, 0.05) is 5.92 Å². The fraction of sp³-hybridized carbons (Fsp3) is 0.810. The van der Waals surface area contributed by atoms with Crippen LogP contribution in [0, 0.1) is 28.6 Å². The minimum Gasteiger partial charge on any atom is -0.394 e. The second-order valence-electron chi connectivity index (χ2n) is 9.41. The monoisotopic (exact) mass is 348 g/mol. The molecule has 0 bridgehead atoms. The van der Waals surface area contributed by atoms with Crippen LogP contribution in [0.1, 0.15) is 52.4 Å². The minimum atomic E-state index is -0.700. The molecule has 0 saturated heterocycles. The van der Waals surface area contributed by atoms with Crippen LogP contribution in [0.5, 0.6) is 0 Å². The Balaban J connectivity index is 1.73. The zero-order valence-electron chi connectivity index (χ0n) is 15.4. The van der Waals surface area contributed by atoms with Gasteiger partial charge in [-0.1, -0.05) is 37.1 Å². The quantitative estimate of drug-likeness (QED) is 0.616. The van der Waals surface area contributed by atoms with E-state index in [1.807, 2.05) is 0 Å². The molecule has 0 spiro atoms. The summed E-state index contributed by atoms with van der Waals surface area (Å²) in [6.45, 7) is 4.26. The number of fused-ring (bicyclic) bond motifs is 5. The summed E-state index contributed by atoms with van der Waals surface area (Å²) in [5.74, 6) is 0.544.